The molecule has 0 saturated carbocycles. The Kier molecular flexibility index (Phi) is 7.45. The molecule has 0 fully saturated rings. The van der Waals surface area contributed by atoms with Crippen LogP contribution in [0.15, 0.2) is 121 Å². The van der Waals surface area contributed by atoms with Gasteiger partial charge in [-0.15, -0.1) is 0 Å². The van der Waals surface area contributed by atoms with Crippen LogP contribution >= 0.6 is 0 Å². The van der Waals surface area contributed by atoms with E-state index < -0.39 is 29.6 Å². The van der Waals surface area contributed by atoms with E-state index in [2.05, 4.69) is 37.4 Å². The fraction of sp³-hybridized carbons (Fsp3) is 0.143. The highest BCUT2D eigenvalue weighted by Crippen LogP contribution is 2.56. The molecule has 4 aromatic carbocycles. The van der Waals surface area contributed by atoms with Gasteiger partial charge >= 0.3 is 0 Å². The molecule has 2 N–H and O–H groups in total. The van der Waals surface area contributed by atoms with Crippen LogP contribution in [0.4, 0.5) is 0 Å². The number of carbonyl (C=O) groups is 2. The minimum absolute atomic E-state index is 0.205. The SMILES string of the molecule is C=C(C)C(=O)C(O)Oc1ccc(C2(c3ccc(OC(O)C(=O)C(=C)C)cc3)c3ccccc3-c3ccccc32)cc1. The van der Waals surface area contributed by atoms with E-state index in [9.17, 15) is 19.8 Å². The summed E-state index contributed by atoms with van der Waals surface area (Å²) in [5.41, 5.74) is 5.94. The third kappa shape index (κ3) is 4.88. The number of carbonyl (C=O) groups excluding carboxylic acids is 2. The van der Waals surface area contributed by atoms with E-state index in [0.29, 0.717) is 11.5 Å². The van der Waals surface area contributed by atoms with Gasteiger partial charge in [0.15, 0.2) is 0 Å². The summed E-state index contributed by atoms with van der Waals surface area (Å²) < 4.78 is 11.0. The molecule has 41 heavy (non-hydrogen) atoms. The summed E-state index contributed by atoms with van der Waals surface area (Å²) >= 11 is 0. The topological polar surface area (TPSA) is 93.1 Å². The van der Waals surface area contributed by atoms with Crippen molar-refractivity contribution in [3.63, 3.8) is 0 Å². The highest BCUT2D eigenvalue weighted by atomic mass is 16.6. The van der Waals surface area contributed by atoms with Gasteiger partial charge in [0.25, 0.3) is 12.6 Å². The van der Waals surface area contributed by atoms with Gasteiger partial charge in [-0.1, -0.05) is 86.0 Å². The highest BCUT2D eigenvalue weighted by molar-refractivity contribution is 5.97. The maximum Gasteiger partial charge on any atom is 0.261 e. The number of Topliss-reactive ketones (excluding diaryl/α,β-unsaturated/α-hetero) is 2. The largest absolute Gasteiger partial charge is 0.457 e. The molecule has 4 aromatic rings. The van der Waals surface area contributed by atoms with Crippen LogP contribution in [-0.2, 0) is 15.0 Å². The van der Waals surface area contributed by atoms with Crippen molar-refractivity contribution in [2.24, 2.45) is 0 Å². The normalized spacial score (nSPS) is 14.2. The molecule has 0 aromatic heterocycles. The Morgan fingerprint density at radius 3 is 1.29 bits per heavy atom. The molecule has 0 aliphatic heterocycles. The Labute approximate surface area is 238 Å². The van der Waals surface area contributed by atoms with Crippen molar-refractivity contribution in [2.45, 2.75) is 31.8 Å². The van der Waals surface area contributed by atoms with Crippen molar-refractivity contribution in [1.29, 1.82) is 0 Å². The van der Waals surface area contributed by atoms with E-state index >= 15 is 0 Å². The number of aliphatic hydroxyl groups is 2. The van der Waals surface area contributed by atoms with Gasteiger partial charge in [-0.25, -0.2) is 0 Å². The van der Waals surface area contributed by atoms with Crippen LogP contribution in [0.25, 0.3) is 11.1 Å². The van der Waals surface area contributed by atoms with Crippen molar-refractivity contribution in [3.8, 4) is 22.6 Å². The highest BCUT2D eigenvalue weighted by Gasteiger charge is 2.45. The van der Waals surface area contributed by atoms with Crippen LogP contribution in [0.2, 0.25) is 0 Å². The fourth-order valence-corrected chi connectivity index (χ4v) is 5.38. The Hall–Kier alpha value is -4.78. The van der Waals surface area contributed by atoms with E-state index in [0.717, 1.165) is 33.4 Å². The van der Waals surface area contributed by atoms with Gasteiger partial charge in [-0.3, -0.25) is 9.59 Å². The van der Waals surface area contributed by atoms with Gasteiger partial charge in [-0.05, 0) is 82.6 Å². The zero-order valence-corrected chi connectivity index (χ0v) is 22.8. The lowest BCUT2D eigenvalue weighted by Crippen LogP contribution is -2.29. The standard InChI is InChI=1S/C35H30O6/c1-21(2)31(36)33(38)40-25-17-13-23(14-18-25)35(24-15-19-26(20-16-24)41-34(39)32(37)22(3)4)29-11-7-5-9-27(29)28-10-6-8-12-30(28)35/h5-20,33-34,38-39H,1,3H2,2,4H3. The monoisotopic (exact) mass is 546 g/mol. The quantitative estimate of drug-likeness (QED) is 0.172. The van der Waals surface area contributed by atoms with E-state index in [-0.39, 0.29) is 11.1 Å². The van der Waals surface area contributed by atoms with Crippen LogP contribution < -0.4 is 9.47 Å². The lowest BCUT2D eigenvalue weighted by Gasteiger charge is -2.34. The number of benzene rings is 4. The second kappa shape index (κ2) is 11.0. The summed E-state index contributed by atoms with van der Waals surface area (Å²) in [4.78, 5) is 24.2. The molecule has 0 amide bonds. The smallest absolute Gasteiger partial charge is 0.261 e. The first-order valence-electron chi connectivity index (χ1n) is 13.1. The molecule has 0 radical (unpaired) electrons. The van der Waals surface area contributed by atoms with Crippen molar-refractivity contribution < 1.29 is 29.3 Å². The molecule has 0 bridgehead atoms. The summed E-state index contributed by atoms with van der Waals surface area (Å²) in [7, 11) is 0. The number of hydrogen-bond acceptors (Lipinski definition) is 6. The molecule has 206 valence electrons. The van der Waals surface area contributed by atoms with E-state index in [1.165, 1.54) is 13.8 Å². The average Bonchev–Trinajstić information content (AvgIpc) is 3.28. The molecule has 6 heteroatoms. The van der Waals surface area contributed by atoms with Crippen molar-refractivity contribution >= 4 is 11.6 Å². The van der Waals surface area contributed by atoms with Crippen LogP contribution in [0, 0.1) is 0 Å². The molecular formula is C35H30O6. The second-order valence-electron chi connectivity index (χ2n) is 10.1. The molecule has 1 aliphatic rings. The lowest BCUT2D eigenvalue weighted by molar-refractivity contribution is -0.137. The Morgan fingerprint density at radius 2 is 0.951 bits per heavy atom. The molecule has 5 rings (SSSR count). The lowest BCUT2D eigenvalue weighted by atomic mass is 9.68. The third-order valence-corrected chi connectivity index (χ3v) is 7.31. The zero-order chi connectivity index (χ0) is 29.3. The van der Waals surface area contributed by atoms with Gasteiger partial charge in [-0.2, -0.15) is 0 Å². The van der Waals surface area contributed by atoms with Crippen molar-refractivity contribution in [2.75, 3.05) is 0 Å². The maximum absolute atomic E-state index is 12.1. The van der Waals surface area contributed by atoms with Gasteiger partial charge in [0, 0.05) is 0 Å². The molecule has 2 atom stereocenters. The van der Waals surface area contributed by atoms with Crippen LogP contribution in [0.5, 0.6) is 11.5 Å². The number of ketones is 2. The predicted molar refractivity (Wildman–Crippen MR) is 157 cm³/mol. The molecule has 6 nitrogen and oxygen atoms in total. The summed E-state index contributed by atoms with van der Waals surface area (Å²) in [6.45, 7) is 10.2. The molecule has 0 spiro atoms. The molecule has 2 unspecified atom stereocenters. The molecule has 1 aliphatic carbocycles. The van der Waals surface area contributed by atoms with Gasteiger partial charge < -0.3 is 19.7 Å². The summed E-state index contributed by atoms with van der Waals surface area (Å²) in [5.74, 6) is -0.487. The number of ether oxygens (including phenoxy) is 2. The van der Waals surface area contributed by atoms with Gasteiger partial charge in [0.05, 0.1) is 5.41 Å². The fourth-order valence-electron chi connectivity index (χ4n) is 5.38. The van der Waals surface area contributed by atoms with E-state index in [4.69, 9.17) is 9.47 Å². The molecular weight excluding hydrogens is 516 g/mol. The predicted octanol–water partition coefficient (Wildman–Crippen LogP) is 5.73. The van der Waals surface area contributed by atoms with Gasteiger partial charge in [0.1, 0.15) is 11.5 Å². The minimum atomic E-state index is -1.64. The van der Waals surface area contributed by atoms with Gasteiger partial charge in [0.2, 0.25) is 11.6 Å². The number of aliphatic hydroxyl groups excluding tert-OH is 2. The zero-order valence-electron chi connectivity index (χ0n) is 22.8. The average molecular weight is 547 g/mol. The van der Waals surface area contributed by atoms with Crippen LogP contribution in [0.1, 0.15) is 36.1 Å². The van der Waals surface area contributed by atoms with Crippen LogP contribution in [-0.4, -0.2) is 34.4 Å². The first-order valence-corrected chi connectivity index (χ1v) is 13.1. The molecule has 0 saturated heterocycles. The minimum Gasteiger partial charge on any atom is -0.457 e. The number of fused-ring (bicyclic) bond motifs is 3. The third-order valence-electron chi connectivity index (χ3n) is 7.31. The summed E-state index contributed by atoms with van der Waals surface area (Å²) in [6, 6.07) is 31.1. The Morgan fingerprint density at radius 1 is 0.610 bits per heavy atom. The van der Waals surface area contributed by atoms with Crippen LogP contribution in [0.3, 0.4) is 0 Å². The first kappa shape index (κ1) is 27.8. The Bertz CT molecular complexity index is 1520. The van der Waals surface area contributed by atoms with E-state index in [1.54, 1.807) is 24.3 Å². The van der Waals surface area contributed by atoms with E-state index in [1.807, 2.05) is 48.5 Å². The van der Waals surface area contributed by atoms with Crippen molar-refractivity contribution in [1.82, 2.24) is 0 Å². The first-order chi connectivity index (χ1) is 19.6. The number of hydrogen-bond donors (Lipinski definition) is 2. The molecule has 0 heterocycles. The summed E-state index contributed by atoms with van der Waals surface area (Å²) in [5, 5.41) is 20.4. The maximum atomic E-state index is 12.1. The Balaban J connectivity index is 1.61. The van der Waals surface area contributed by atoms with Crippen molar-refractivity contribution in [3.05, 3.63) is 144 Å². The second-order valence-corrected chi connectivity index (χ2v) is 10.1. The number of rotatable bonds is 10. The summed E-state index contributed by atoms with van der Waals surface area (Å²) in [6.07, 6.45) is -3.28.